The highest BCUT2D eigenvalue weighted by Gasteiger charge is 2.30. The van der Waals surface area contributed by atoms with E-state index in [0.717, 1.165) is 12.1 Å². The molecule has 0 unspecified atom stereocenters. The quantitative estimate of drug-likeness (QED) is 0.454. The van der Waals surface area contributed by atoms with E-state index in [1.165, 1.54) is 35.1 Å². The number of nitrogens with one attached hydrogen (secondary N) is 1. The lowest BCUT2D eigenvalue weighted by Gasteiger charge is -2.11. The highest BCUT2D eigenvalue weighted by Crippen LogP contribution is 2.31. The van der Waals surface area contributed by atoms with Gasteiger partial charge in [-0.2, -0.15) is 13.2 Å². The average molecular weight is 479 g/mol. The van der Waals surface area contributed by atoms with Crippen LogP contribution < -0.4 is 10.4 Å². The second-order valence-electron chi connectivity index (χ2n) is 7.62. The van der Waals surface area contributed by atoms with Crippen LogP contribution in [0.2, 0.25) is 0 Å². The molecule has 1 aromatic heterocycles. The fourth-order valence-corrected chi connectivity index (χ4v) is 3.46. The van der Waals surface area contributed by atoms with Crippen molar-refractivity contribution in [1.29, 1.82) is 0 Å². The van der Waals surface area contributed by atoms with E-state index in [2.05, 4.69) is 15.6 Å². The molecule has 0 aliphatic carbocycles. The summed E-state index contributed by atoms with van der Waals surface area (Å²) < 4.78 is 39.8. The van der Waals surface area contributed by atoms with Gasteiger partial charge in [-0.05, 0) is 66.1 Å². The topological polar surface area (TPSA) is 99.9 Å². The van der Waals surface area contributed by atoms with Gasteiger partial charge in [0.15, 0.2) is 0 Å². The number of benzene rings is 3. The molecular formula is C25H18F3N4O3-. The fraction of sp³-hybridized carbons (Fsp3) is 0.120. The Morgan fingerprint density at radius 2 is 1.57 bits per heavy atom. The first-order valence-electron chi connectivity index (χ1n) is 10.5. The van der Waals surface area contributed by atoms with Gasteiger partial charge in [0.1, 0.15) is 5.69 Å². The van der Waals surface area contributed by atoms with Crippen LogP contribution in [0.3, 0.4) is 0 Å². The zero-order chi connectivity index (χ0) is 25.2. The van der Waals surface area contributed by atoms with Crippen LogP contribution in [-0.2, 0) is 6.18 Å². The summed E-state index contributed by atoms with van der Waals surface area (Å²) in [5.41, 5.74) is 1.87. The molecule has 4 aromatic rings. The molecule has 1 heterocycles. The summed E-state index contributed by atoms with van der Waals surface area (Å²) in [6.45, 7) is 2.30. The number of carbonyl (C=O) groups excluding carboxylic acids is 2. The van der Waals surface area contributed by atoms with Crippen LogP contribution >= 0.6 is 0 Å². The predicted molar refractivity (Wildman–Crippen MR) is 120 cm³/mol. The molecule has 0 aliphatic heterocycles. The minimum Gasteiger partial charge on any atom is -0.545 e. The lowest BCUT2D eigenvalue weighted by molar-refractivity contribution is -0.255. The standard InChI is InChI=1S/C25H19F3N4O3/c1-2-29-23(33)17-5-3-15(4-6-17)18-11-19(24(34)35)13-21(12-18)32-14-22(30-31-32)16-7-9-20(10-8-16)25(26,27)28/h3-14H,2H2,1H3,(H,29,33)(H,34,35)/p-1. The number of alkyl halides is 3. The molecular weight excluding hydrogens is 461 g/mol. The van der Waals surface area contributed by atoms with E-state index in [1.807, 2.05) is 6.92 Å². The lowest BCUT2D eigenvalue weighted by Crippen LogP contribution is -2.22. The Labute approximate surface area is 197 Å². The van der Waals surface area contributed by atoms with Crippen molar-refractivity contribution in [3.63, 3.8) is 0 Å². The van der Waals surface area contributed by atoms with E-state index in [-0.39, 0.29) is 11.5 Å². The number of aromatic carboxylic acids is 1. The summed E-state index contributed by atoms with van der Waals surface area (Å²) in [5.74, 6) is -1.61. The highest BCUT2D eigenvalue weighted by atomic mass is 19.4. The maximum absolute atomic E-state index is 12.8. The normalized spacial score (nSPS) is 11.3. The van der Waals surface area contributed by atoms with Crippen molar-refractivity contribution in [2.24, 2.45) is 0 Å². The molecule has 0 atom stereocenters. The van der Waals surface area contributed by atoms with Gasteiger partial charge in [-0.25, -0.2) is 4.68 Å². The molecule has 1 N–H and O–H groups in total. The molecule has 0 aliphatic rings. The summed E-state index contributed by atoms with van der Waals surface area (Å²) in [5, 5.41) is 22.3. The summed E-state index contributed by atoms with van der Waals surface area (Å²) >= 11 is 0. The number of nitrogens with zero attached hydrogens (tertiary/aromatic N) is 3. The summed E-state index contributed by atoms with van der Waals surface area (Å²) in [6, 6.07) is 15.6. The van der Waals surface area contributed by atoms with Gasteiger partial charge in [-0.15, -0.1) is 5.10 Å². The molecule has 1 amide bonds. The van der Waals surface area contributed by atoms with E-state index in [4.69, 9.17) is 0 Å². The van der Waals surface area contributed by atoms with Crippen molar-refractivity contribution in [1.82, 2.24) is 20.3 Å². The maximum Gasteiger partial charge on any atom is 0.416 e. The van der Waals surface area contributed by atoms with Crippen molar-refractivity contribution in [3.8, 4) is 28.1 Å². The molecule has 0 fully saturated rings. The van der Waals surface area contributed by atoms with Crippen LogP contribution in [0.1, 0.15) is 33.2 Å². The SMILES string of the molecule is CCNC(=O)c1ccc(-c2cc(C(=O)[O-])cc(-n3cc(-c4ccc(C(F)(F)F)cc4)nn3)c2)cc1. The van der Waals surface area contributed by atoms with Crippen molar-refractivity contribution in [3.05, 3.63) is 89.6 Å². The molecule has 0 saturated heterocycles. The van der Waals surface area contributed by atoms with E-state index in [9.17, 15) is 27.9 Å². The third-order valence-electron chi connectivity index (χ3n) is 5.24. The van der Waals surface area contributed by atoms with Crippen molar-refractivity contribution >= 4 is 11.9 Å². The molecule has 0 spiro atoms. The first kappa shape index (κ1) is 23.7. The third kappa shape index (κ3) is 5.21. The van der Waals surface area contributed by atoms with Gasteiger partial charge in [0.05, 0.1) is 23.4 Å². The number of amides is 1. The van der Waals surface area contributed by atoms with Gasteiger partial charge in [0.25, 0.3) is 5.91 Å². The number of aromatic nitrogens is 3. The number of carboxylic acid groups (broad SMARTS) is 1. The molecule has 0 saturated carbocycles. The highest BCUT2D eigenvalue weighted by molar-refractivity contribution is 5.95. The average Bonchev–Trinajstić information content (AvgIpc) is 3.34. The summed E-state index contributed by atoms with van der Waals surface area (Å²) in [6.07, 6.45) is -2.96. The van der Waals surface area contributed by atoms with Crippen molar-refractivity contribution < 1.29 is 27.9 Å². The van der Waals surface area contributed by atoms with Crippen LogP contribution in [0.15, 0.2) is 72.9 Å². The Kier molecular flexibility index (Phi) is 6.37. The smallest absolute Gasteiger partial charge is 0.416 e. The van der Waals surface area contributed by atoms with Gasteiger partial charge in [-0.1, -0.05) is 29.5 Å². The number of halogens is 3. The number of hydrogen-bond acceptors (Lipinski definition) is 5. The minimum atomic E-state index is -4.45. The zero-order valence-electron chi connectivity index (χ0n) is 18.3. The van der Waals surface area contributed by atoms with Gasteiger partial charge >= 0.3 is 6.18 Å². The van der Waals surface area contributed by atoms with E-state index in [0.29, 0.717) is 40.2 Å². The van der Waals surface area contributed by atoms with E-state index in [1.54, 1.807) is 30.3 Å². The number of rotatable bonds is 6. The largest absolute Gasteiger partial charge is 0.545 e. The third-order valence-corrected chi connectivity index (χ3v) is 5.24. The second kappa shape index (κ2) is 9.41. The Morgan fingerprint density at radius 1 is 0.914 bits per heavy atom. The van der Waals surface area contributed by atoms with Crippen LogP contribution in [0.4, 0.5) is 13.2 Å². The van der Waals surface area contributed by atoms with Crippen molar-refractivity contribution in [2.45, 2.75) is 13.1 Å². The minimum absolute atomic E-state index is 0.100. The molecule has 3 aromatic carbocycles. The lowest BCUT2D eigenvalue weighted by atomic mass is 10.0. The second-order valence-corrected chi connectivity index (χ2v) is 7.62. The maximum atomic E-state index is 12.8. The van der Waals surface area contributed by atoms with Gasteiger partial charge in [0.2, 0.25) is 0 Å². The molecule has 4 rings (SSSR count). The van der Waals surface area contributed by atoms with Crippen LogP contribution in [0.25, 0.3) is 28.1 Å². The zero-order valence-corrected chi connectivity index (χ0v) is 18.3. The van der Waals surface area contributed by atoms with Gasteiger partial charge < -0.3 is 15.2 Å². The Balaban J connectivity index is 1.68. The molecule has 0 bridgehead atoms. The number of carbonyl (C=O) groups is 2. The van der Waals surface area contributed by atoms with E-state index < -0.39 is 17.7 Å². The Bertz CT molecular complexity index is 1380. The first-order chi connectivity index (χ1) is 16.7. The monoisotopic (exact) mass is 479 g/mol. The summed E-state index contributed by atoms with van der Waals surface area (Å²) in [7, 11) is 0. The van der Waals surface area contributed by atoms with Crippen molar-refractivity contribution in [2.75, 3.05) is 6.54 Å². The fourth-order valence-electron chi connectivity index (χ4n) is 3.46. The molecule has 178 valence electrons. The van der Waals surface area contributed by atoms with E-state index >= 15 is 0 Å². The van der Waals surface area contributed by atoms with Crippen LogP contribution in [0, 0.1) is 0 Å². The first-order valence-corrected chi connectivity index (χ1v) is 10.5. The van der Waals surface area contributed by atoms with Crippen LogP contribution in [-0.4, -0.2) is 33.4 Å². The molecule has 35 heavy (non-hydrogen) atoms. The van der Waals surface area contributed by atoms with Gasteiger partial charge in [0, 0.05) is 17.7 Å². The predicted octanol–water partition coefficient (Wildman–Crippen LogP) is 3.73. The molecule has 7 nitrogen and oxygen atoms in total. The summed E-state index contributed by atoms with van der Waals surface area (Å²) in [4.78, 5) is 23.6. The Hall–Kier alpha value is -4.47. The Morgan fingerprint density at radius 3 is 2.17 bits per heavy atom. The number of carboxylic acids is 1. The molecule has 10 heteroatoms. The number of hydrogen-bond donors (Lipinski definition) is 1. The van der Waals surface area contributed by atoms with Gasteiger partial charge in [-0.3, -0.25) is 4.79 Å². The van der Waals surface area contributed by atoms with Crippen LogP contribution in [0.5, 0.6) is 0 Å². The molecule has 0 radical (unpaired) electrons.